The van der Waals surface area contributed by atoms with E-state index in [0.717, 1.165) is 53.8 Å². The average molecular weight is 681 g/mol. The van der Waals surface area contributed by atoms with Gasteiger partial charge < -0.3 is 15.0 Å². The van der Waals surface area contributed by atoms with Crippen LogP contribution in [0.25, 0.3) is 17.1 Å². The number of benzene rings is 3. The molecule has 1 aromatic heterocycles. The van der Waals surface area contributed by atoms with E-state index in [1.807, 2.05) is 38.1 Å². The molecule has 1 saturated heterocycles. The first-order valence-electron chi connectivity index (χ1n) is 15.9. The number of ether oxygens (including phenoxy) is 1. The first-order valence-corrected chi connectivity index (χ1v) is 16.9. The van der Waals surface area contributed by atoms with Crippen LogP contribution in [0.2, 0.25) is 0 Å². The summed E-state index contributed by atoms with van der Waals surface area (Å²) in [7, 11) is 0. The molecule has 0 spiro atoms. The van der Waals surface area contributed by atoms with Gasteiger partial charge in [-0.1, -0.05) is 49.9 Å². The number of amides is 2. The van der Waals surface area contributed by atoms with Crippen LogP contribution in [0.4, 0.5) is 28.0 Å². The van der Waals surface area contributed by atoms with Crippen molar-refractivity contribution in [2.75, 3.05) is 10.7 Å². The molecule has 3 aromatic carbocycles. The molecule has 1 N–H and O–H groups in total. The number of aromatic nitrogens is 3. The van der Waals surface area contributed by atoms with Crippen LogP contribution in [0.15, 0.2) is 78.0 Å². The predicted octanol–water partition coefficient (Wildman–Crippen LogP) is 8.83. The van der Waals surface area contributed by atoms with E-state index >= 15 is 0 Å². The molecule has 4 aromatic rings. The van der Waals surface area contributed by atoms with Gasteiger partial charge in [0.1, 0.15) is 17.9 Å². The predicted molar refractivity (Wildman–Crippen MR) is 179 cm³/mol. The first-order chi connectivity index (χ1) is 22.9. The SMILES string of the molecule is CC(C)c1cc(F)ccc1N1/C(=N/C(=O)NC2CCC(c3ccc(-c4ncn(-c5ccc(OC(F)(F)F)cc5)n4)cc3)C2)SCCC1C. The van der Waals surface area contributed by atoms with E-state index in [1.54, 1.807) is 23.9 Å². The maximum atomic E-state index is 14.1. The first kappa shape index (κ1) is 33.5. The number of carbonyl (C=O) groups is 1. The van der Waals surface area contributed by atoms with E-state index in [4.69, 9.17) is 0 Å². The number of alkyl halides is 3. The zero-order valence-corrected chi connectivity index (χ0v) is 27.6. The second-order valence-corrected chi connectivity index (χ2v) is 13.5. The molecule has 252 valence electrons. The van der Waals surface area contributed by atoms with Crippen molar-refractivity contribution in [2.45, 2.75) is 76.7 Å². The Morgan fingerprint density at radius 1 is 1.04 bits per heavy atom. The highest BCUT2D eigenvalue weighted by atomic mass is 32.2. The quantitative estimate of drug-likeness (QED) is 0.197. The molecule has 2 fully saturated rings. The van der Waals surface area contributed by atoms with Gasteiger partial charge in [-0.25, -0.2) is 18.9 Å². The summed E-state index contributed by atoms with van der Waals surface area (Å²) in [6, 6.07) is 18.0. The molecule has 0 radical (unpaired) electrons. The van der Waals surface area contributed by atoms with Crippen molar-refractivity contribution in [1.29, 1.82) is 0 Å². The van der Waals surface area contributed by atoms with Crippen molar-refractivity contribution in [2.24, 2.45) is 4.99 Å². The van der Waals surface area contributed by atoms with E-state index in [1.165, 1.54) is 41.3 Å². The molecule has 6 rings (SSSR count). The van der Waals surface area contributed by atoms with Gasteiger partial charge in [0.25, 0.3) is 0 Å². The number of anilines is 1. The van der Waals surface area contributed by atoms with Crippen LogP contribution in [0.3, 0.4) is 0 Å². The highest BCUT2D eigenvalue weighted by molar-refractivity contribution is 8.14. The van der Waals surface area contributed by atoms with Crippen LogP contribution < -0.4 is 15.0 Å². The molecular weight excluding hydrogens is 644 g/mol. The fourth-order valence-electron chi connectivity index (χ4n) is 6.28. The highest BCUT2D eigenvalue weighted by Gasteiger charge is 2.32. The van der Waals surface area contributed by atoms with Crippen molar-refractivity contribution in [3.05, 3.63) is 90.0 Å². The Morgan fingerprint density at radius 2 is 1.79 bits per heavy atom. The molecule has 1 aliphatic heterocycles. The van der Waals surface area contributed by atoms with Crippen molar-refractivity contribution < 1.29 is 27.1 Å². The standard InChI is InChI=1S/C35H36F4N6O2S/c1-21(2)30-19-26(36)9-15-31(30)45-22(3)16-17-48-34(45)42-33(46)41-27-10-8-25(18-27)23-4-6-24(7-5-23)32-40-20-44(43-32)28-11-13-29(14-12-28)47-35(37,38)39/h4-7,9,11-15,19-22,25,27H,8,10,16-18H2,1-3H3,(H,41,46)/b42-34-. The molecule has 2 amide bonds. The van der Waals surface area contributed by atoms with Gasteiger partial charge in [0.05, 0.1) is 5.69 Å². The lowest BCUT2D eigenvalue weighted by Crippen LogP contribution is -2.43. The molecule has 1 aliphatic carbocycles. The molecule has 3 atom stereocenters. The van der Waals surface area contributed by atoms with Crippen molar-refractivity contribution in [1.82, 2.24) is 20.1 Å². The summed E-state index contributed by atoms with van der Waals surface area (Å²) >= 11 is 1.55. The monoisotopic (exact) mass is 680 g/mol. The Hall–Kier alpha value is -4.39. The van der Waals surface area contributed by atoms with Crippen molar-refractivity contribution in [3.8, 4) is 22.8 Å². The van der Waals surface area contributed by atoms with Gasteiger partial charge in [-0.15, -0.1) is 18.3 Å². The average Bonchev–Trinajstić information content (AvgIpc) is 3.72. The van der Waals surface area contributed by atoms with E-state index in [2.05, 4.69) is 37.0 Å². The number of nitrogens with zero attached hydrogens (tertiary/aromatic N) is 5. The normalized spacial score (nSPS) is 20.8. The van der Waals surface area contributed by atoms with Crippen LogP contribution in [0.1, 0.15) is 69.4 Å². The van der Waals surface area contributed by atoms with E-state index < -0.39 is 6.36 Å². The second-order valence-electron chi connectivity index (χ2n) is 12.4. The van der Waals surface area contributed by atoms with Gasteiger partial charge in [-0.2, -0.15) is 4.99 Å². The fourth-order valence-corrected chi connectivity index (χ4v) is 7.48. The molecule has 3 unspecified atom stereocenters. The van der Waals surface area contributed by atoms with Crippen LogP contribution in [0.5, 0.6) is 5.75 Å². The minimum atomic E-state index is -4.75. The lowest BCUT2D eigenvalue weighted by Gasteiger charge is -2.37. The zero-order chi connectivity index (χ0) is 34.0. The number of aliphatic imine (C=N–C) groups is 1. The van der Waals surface area contributed by atoms with Gasteiger partial charge >= 0.3 is 12.4 Å². The van der Waals surface area contributed by atoms with E-state index in [9.17, 15) is 22.4 Å². The summed E-state index contributed by atoms with van der Waals surface area (Å²) in [4.78, 5) is 24.1. The van der Waals surface area contributed by atoms with Gasteiger partial charge in [0.2, 0.25) is 0 Å². The smallest absolute Gasteiger partial charge is 0.406 e. The molecule has 2 aliphatic rings. The number of hydrogen-bond donors (Lipinski definition) is 1. The largest absolute Gasteiger partial charge is 0.573 e. The molecule has 8 nitrogen and oxygen atoms in total. The zero-order valence-electron chi connectivity index (χ0n) is 26.7. The molecular formula is C35H36F4N6O2S. The summed E-state index contributed by atoms with van der Waals surface area (Å²) in [6.45, 7) is 6.17. The van der Waals surface area contributed by atoms with Crippen molar-refractivity contribution >= 4 is 28.6 Å². The fraction of sp³-hybridized carbons (Fsp3) is 0.371. The second kappa shape index (κ2) is 14.0. The Labute approximate surface area is 280 Å². The third-order valence-corrected chi connectivity index (χ3v) is 9.70. The third kappa shape index (κ3) is 7.83. The Balaban J connectivity index is 1.07. The number of amidine groups is 1. The summed E-state index contributed by atoms with van der Waals surface area (Å²) in [5, 5.41) is 8.23. The maximum absolute atomic E-state index is 14.1. The lowest BCUT2D eigenvalue weighted by molar-refractivity contribution is -0.274. The van der Waals surface area contributed by atoms with E-state index in [0.29, 0.717) is 16.7 Å². The van der Waals surface area contributed by atoms with Gasteiger partial charge in [-0.05, 0) is 98.0 Å². The summed E-state index contributed by atoms with van der Waals surface area (Å²) in [5.41, 5.74) is 4.28. The minimum Gasteiger partial charge on any atom is -0.406 e. The number of urea groups is 1. The highest BCUT2D eigenvalue weighted by Crippen LogP contribution is 2.37. The van der Waals surface area contributed by atoms with Gasteiger partial charge in [0, 0.05) is 29.1 Å². The summed E-state index contributed by atoms with van der Waals surface area (Å²) in [6.07, 6.45) is 0.234. The molecule has 2 heterocycles. The summed E-state index contributed by atoms with van der Waals surface area (Å²) in [5.74, 6) is 1.13. The van der Waals surface area contributed by atoms with Crippen LogP contribution in [0, 0.1) is 5.82 Å². The minimum absolute atomic E-state index is 0.00618. The topological polar surface area (TPSA) is 84.6 Å². The number of halogens is 4. The number of nitrogens with one attached hydrogen (secondary N) is 1. The number of carbonyl (C=O) groups excluding carboxylic acids is 1. The molecule has 13 heteroatoms. The van der Waals surface area contributed by atoms with Crippen LogP contribution in [-0.4, -0.2) is 50.2 Å². The maximum Gasteiger partial charge on any atom is 0.573 e. The van der Waals surface area contributed by atoms with Crippen LogP contribution in [-0.2, 0) is 0 Å². The third-order valence-electron chi connectivity index (χ3n) is 8.71. The van der Waals surface area contributed by atoms with E-state index in [-0.39, 0.29) is 41.5 Å². The number of thioether (sulfide) groups is 1. The van der Waals surface area contributed by atoms with Gasteiger partial charge in [-0.3, -0.25) is 0 Å². The molecule has 0 bridgehead atoms. The molecule has 48 heavy (non-hydrogen) atoms. The number of rotatable bonds is 7. The van der Waals surface area contributed by atoms with Crippen LogP contribution >= 0.6 is 11.8 Å². The summed E-state index contributed by atoms with van der Waals surface area (Å²) < 4.78 is 56.9. The number of hydrogen-bond acceptors (Lipinski definition) is 5. The van der Waals surface area contributed by atoms with Crippen molar-refractivity contribution in [3.63, 3.8) is 0 Å². The Kier molecular flexibility index (Phi) is 9.77. The molecule has 1 saturated carbocycles. The lowest BCUT2D eigenvalue weighted by atomic mass is 9.96. The van der Waals surface area contributed by atoms with Gasteiger partial charge in [0.15, 0.2) is 11.0 Å². The Morgan fingerprint density at radius 3 is 2.50 bits per heavy atom. The Bertz CT molecular complexity index is 1780.